The molecule has 0 spiro atoms. The Labute approximate surface area is 270 Å². The number of hydrogen-bond donors (Lipinski definition) is 1. The van der Waals surface area contributed by atoms with Gasteiger partial charge in [-0.2, -0.15) is 8.78 Å². The Morgan fingerprint density at radius 3 is 1.91 bits per heavy atom. The summed E-state index contributed by atoms with van der Waals surface area (Å²) in [5, 5.41) is 4.41. The smallest absolute Gasteiger partial charge is 0.363 e. The molecule has 1 aromatic heterocycles. The lowest BCUT2D eigenvalue weighted by atomic mass is 9.92. The molecule has 0 unspecified atom stereocenters. The molecule has 0 saturated heterocycles. The first-order valence-electron chi connectivity index (χ1n) is 14.8. The Bertz CT molecular complexity index is 1350. The maximum atomic E-state index is 14.0. The maximum Gasteiger partial charge on any atom is 0.363 e. The minimum absolute atomic E-state index is 0.00262. The molecule has 258 valence electrons. The molecule has 1 aromatic carbocycles. The normalized spacial score (nSPS) is 15.1. The van der Waals surface area contributed by atoms with E-state index in [0.29, 0.717) is 6.42 Å². The van der Waals surface area contributed by atoms with E-state index in [0.717, 1.165) is 11.3 Å². The molecule has 0 aliphatic carbocycles. The second-order valence-electron chi connectivity index (χ2n) is 12.1. The van der Waals surface area contributed by atoms with Gasteiger partial charge in [0.05, 0.1) is 6.04 Å². The number of thiazole rings is 1. The fraction of sp³-hybridized carbons (Fsp3) is 0.613. The molecule has 2 amide bonds. The maximum absolute atomic E-state index is 14.0. The van der Waals surface area contributed by atoms with E-state index >= 15 is 0 Å². The first-order chi connectivity index (χ1) is 21.4. The molecule has 2 rings (SSSR count). The summed E-state index contributed by atoms with van der Waals surface area (Å²) < 4.78 is 78.7. The van der Waals surface area contributed by atoms with Gasteiger partial charge in [0, 0.05) is 32.0 Å². The summed E-state index contributed by atoms with van der Waals surface area (Å²) >= 11 is 0.946. The molecule has 1 heterocycles. The number of nitrogens with zero attached hydrogens (tertiary/aromatic N) is 3. The van der Waals surface area contributed by atoms with Crippen molar-refractivity contribution in [2.24, 2.45) is 17.8 Å². The average Bonchev–Trinajstić information content (AvgIpc) is 3.49. The number of nitrogens with one attached hydrogen (secondary N) is 1. The molecule has 2 aromatic rings. The van der Waals surface area contributed by atoms with E-state index in [2.05, 4.69) is 15.0 Å². The van der Waals surface area contributed by atoms with Gasteiger partial charge in [-0.05, 0) is 31.8 Å². The third kappa shape index (κ3) is 8.79. The van der Waals surface area contributed by atoms with Crippen LogP contribution in [0.1, 0.15) is 76.0 Å². The van der Waals surface area contributed by atoms with Crippen LogP contribution in [0, 0.1) is 46.8 Å². The van der Waals surface area contributed by atoms with E-state index in [9.17, 15) is 36.3 Å². The van der Waals surface area contributed by atoms with E-state index in [1.54, 1.807) is 26.0 Å². The van der Waals surface area contributed by atoms with Gasteiger partial charge in [0.25, 0.3) is 0 Å². The van der Waals surface area contributed by atoms with E-state index in [4.69, 9.17) is 4.74 Å². The molecule has 5 atom stereocenters. The van der Waals surface area contributed by atoms with Crippen molar-refractivity contribution in [1.82, 2.24) is 20.1 Å². The zero-order chi connectivity index (χ0) is 35.2. The summed E-state index contributed by atoms with van der Waals surface area (Å²) in [5.74, 6) is -15.5. The third-order valence-electron chi connectivity index (χ3n) is 7.96. The summed E-state index contributed by atoms with van der Waals surface area (Å²) in [7, 11) is 6.65. The van der Waals surface area contributed by atoms with Crippen LogP contribution in [0.3, 0.4) is 0 Å². The number of halogens is 5. The molecule has 0 radical (unpaired) electrons. The number of ether oxygens (including phenoxy) is 2. The largest absolute Gasteiger partial charge is 0.415 e. The van der Waals surface area contributed by atoms with Gasteiger partial charge in [-0.1, -0.05) is 48.0 Å². The monoisotopic (exact) mass is 678 g/mol. The number of esters is 1. The van der Waals surface area contributed by atoms with Gasteiger partial charge in [-0.15, -0.1) is 11.3 Å². The van der Waals surface area contributed by atoms with Gasteiger partial charge in [-0.3, -0.25) is 14.5 Å². The van der Waals surface area contributed by atoms with E-state index in [-0.39, 0.29) is 41.0 Å². The van der Waals surface area contributed by atoms with E-state index in [1.165, 1.54) is 12.5 Å². The van der Waals surface area contributed by atoms with Crippen LogP contribution in [0.25, 0.3) is 0 Å². The number of carbonyl (C=O) groups excluding carboxylic acids is 3. The second kappa shape index (κ2) is 16.6. The summed E-state index contributed by atoms with van der Waals surface area (Å²) in [5.41, 5.74) is -0.448. The second-order valence-corrected chi connectivity index (χ2v) is 13.0. The fourth-order valence-corrected chi connectivity index (χ4v) is 6.06. The number of likely N-dealkylation sites (N-methyl/N-ethyl adjacent to an activating group) is 2. The number of rotatable bonds is 15. The Morgan fingerprint density at radius 2 is 1.46 bits per heavy atom. The molecule has 0 aliphatic rings. The van der Waals surface area contributed by atoms with Gasteiger partial charge >= 0.3 is 5.97 Å². The molecule has 1 N–H and O–H groups in total. The topological polar surface area (TPSA) is 101 Å². The Balaban J connectivity index is 2.30. The van der Waals surface area contributed by atoms with Crippen molar-refractivity contribution in [3.05, 3.63) is 45.2 Å². The zero-order valence-corrected chi connectivity index (χ0v) is 28.5. The van der Waals surface area contributed by atoms with Crippen LogP contribution in [0.4, 0.5) is 22.0 Å². The zero-order valence-electron chi connectivity index (χ0n) is 27.7. The molecule has 46 heavy (non-hydrogen) atoms. The minimum atomic E-state index is -2.39. The number of hydrogen-bond acceptors (Lipinski definition) is 8. The highest BCUT2D eigenvalue weighted by atomic mass is 32.1. The first kappa shape index (κ1) is 39.0. The Kier molecular flexibility index (Phi) is 14.1. The number of aromatic nitrogens is 1. The van der Waals surface area contributed by atoms with Crippen molar-refractivity contribution in [2.45, 2.75) is 78.6 Å². The number of methoxy groups -OCH3 is 1. The number of carbonyl (C=O) groups is 3. The Hall–Kier alpha value is -3.17. The lowest BCUT2D eigenvalue weighted by Gasteiger charge is -2.37. The summed E-state index contributed by atoms with van der Waals surface area (Å²) in [6.45, 7) is 11.5. The van der Waals surface area contributed by atoms with Gasteiger partial charge < -0.3 is 19.7 Å². The van der Waals surface area contributed by atoms with Crippen LogP contribution in [0.15, 0.2) is 5.38 Å². The molecule has 0 bridgehead atoms. The SMILES string of the molecule is CC[C@H](C)[C@H](NC(=O)[C@H](C(C)C)N(C)C)C(=O)N(C)[C@H](C[C@@H](OC)c1nc(C(=O)Oc2c(F)c(F)c(F)c(F)c2F)cs1)C(C)C. The minimum Gasteiger partial charge on any atom is -0.415 e. The standard InChI is InChI=1S/C31H43F5N4O5S/c1-11-16(6)25(38-28(41)26(15(4)5)39(7)8)30(42)40(9)18(14(2)3)12-19(44-10)29-37-17(13-46-29)31(43)45-27-23(35)21(33)20(32)22(34)24(27)36/h13-16,18-19,25-26H,11-12H2,1-10H3,(H,38,41)/t16-,18+,19+,25-,26-/m0/s1. The lowest BCUT2D eigenvalue weighted by molar-refractivity contribution is -0.141. The average molecular weight is 679 g/mol. The van der Waals surface area contributed by atoms with Crippen LogP contribution in [0.5, 0.6) is 5.75 Å². The van der Waals surface area contributed by atoms with E-state index in [1.807, 2.05) is 46.4 Å². The van der Waals surface area contributed by atoms with Crippen LogP contribution in [-0.4, -0.2) is 78.9 Å². The molecular weight excluding hydrogens is 635 g/mol. The fourth-order valence-electron chi connectivity index (χ4n) is 5.18. The molecule has 0 aliphatic heterocycles. The lowest BCUT2D eigenvalue weighted by Crippen LogP contribution is -2.58. The van der Waals surface area contributed by atoms with Crippen LogP contribution in [-0.2, 0) is 14.3 Å². The number of benzene rings is 1. The van der Waals surface area contributed by atoms with Crippen molar-refractivity contribution >= 4 is 29.1 Å². The van der Waals surface area contributed by atoms with Crippen LogP contribution >= 0.6 is 11.3 Å². The predicted octanol–water partition coefficient (Wildman–Crippen LogP) is 5.74. The summed E-state index contributed by atoms with van der Waals surface area (Å²) in [6.07, 6.45) is 0.0809. The van der Waals surface area contributed by atoms with Gasteiger partial charge in [0.2, 0.25) is 46.6 Å². The van der Waals surface area contributed by atoms with Gasteiger partial charge in [0.1, 0.15) is 17.2 Å². The van der Waals surface area contributed by atoms with Crippen molar-refractivity contribution < 1.29 is 45.8 Å². The van der Waals surface area contributed by atoms with Crippen molar-refractivity contribution in [3.8, 4) is 5.75 Å². The van der Waals surface area contributed by atoms with Gasteiger partial charge in [0.15, 0.2) is 5.69 Å². The summed E-state index contributed by atoms with van der Waals surface area (Å²) in [4.78, 5) is 47.3. The summed E-state index contributed by atoms with van der Waals surface area (Å²) in [6, 6.07) is -1.67. The highest BCUT2D eigenvalue weighted by Crippen LogP contribution is 2.32. The molecule has 0 saturated carbocycles. The van der Waals surface area contributed by atoms with Crippen LogP contribution < -0.4 is 10.1 Å². The van der Waals surface area contributed by atoms with E-state index < -0.39 is 70.7 Å². The molecule has 15 heteroatoms. The highest BCUT2D eigenvalue weighted by Gasteiger charge is 2.37. The van der Waals surface area contributed by atoms with Gasteiger partial charge in [-0.25, -0.2) is 22.9 Å². The van der Waals surface area contributed by atoms with Crippen molar-refractivity contribution in [2.75, 3.05) is 28.3 Å². The predicted molar refractivity (Wildman–Crippen MR) is 163 cm³/mol. The third-order valence-corrected chi connectivity index (χ3v) is 8.90. The molecule has 9 nitrogen and oxygen atoms in total. The highest BCUT2D eigenvalue weighted by molar-refractivity contribution is 7.09. The van der Waals surface area contributed by atoms with Crippen LogP contribution in [0.2, 0.25) is 0 Å². The van der Waals surface area contributed by atoms with Crippen molar-refractivity contribution in [1.29, 1.82) is 0 Å². The van der Waals surface area contributed by atoms with Crippen molar-refractivity contribution in [3.63, 3.8) is 0 Å². The first-order valence-corrected chi connectivity index (χ1v) is 15.7. The quantitative estimate of drug-likeness (QED) is 0.0844. The molecular formula is C31H43F5N4O5S. The Morgan fingerprint density at radius 1 is 0.913 bits per heavy atom. The number of amides is 2. The molecule has 0 fully saturated rings.